The van der Waals surface area contributed by atoms with E-state index in [0.717, 1.165) is 0 Å². The molecular weight excluding hydrogens is 214 g/mol. The molecule has 0 saturated carbocycles. The van der Waals surface area contributed by atoms with Crippen molar-refractivity contribution in [1.29, 1.82) is 0 Å². The molecule has 0 aromatic heterocycles. The highest BCUT2D eigenvalue weighted by Gasteiger charge is 2.26. The van der Waals surface area contributed by atoms with Crippen molar-refractivity contribution in [3.63, 3.8) is 0 Å². The van der Waals surface area contributed by atoms with E-state index in [1.165, 1.54) is 7.11 Å². The fourth-order valence-electron chi connectivity index (χ4n) is 0.880. The Labute approximate surface area is 95.2 Å². The molecule has 0 fully saturated rings. The van der Waals surface area contributed by atoms with Gasteiger partial charge in [-0.1, -0.05) is 0 Å². The third-order valence-corrected chi connectivity index (χ3v) is 1.48. The van der Waals surface area contributed by atoms with Gasteiger partial charge >= 0.3 is 12.1 Å². The maximum atomic E-state index is 11.3. The van der Waals surface area contributed by atoms with E-state index in [4.69, 9.17) is 9.47 Å². The van der Waals surface area contributed by atoms with E-state index in [1.807, 2.05) is 0 Å². The second-order valence-electron chi connectivity index (χ2n) is 4.15. The molecule has 0 spiro atoms. The number of likely N-dealkylation sites (N-methyl/N-ethyl adjacent to an activating group) is 1. The van der Waals surface area contributed by atoms with Crippen LogP contribution in [0.5, 0.6) is 0 Å². The predicted octanol–water partition coefficient (Wildman–Crippen LogP) is 0.699. The van der Waals surface area contributed by atoms with Gasteiger partial charge in [-0.05, 0) is 27.8 Å². The molecule has 94 valence electrons. The maximum Gasteiger partial charge on any atom is 0.509 e. The fraction of sp³-hybridized carbons (Fsp3) is 0.800. The predicted molar refractivity (Wildman–Crippen MR) is 57.0 cm³/mol. The summed E-state index contributed by atoms with van der Waals surface area (Å²) < 4.78 is 14.2. The second-order valence-corrected chi connectivity index (χ2v) is 4.15. The molecule has 0 amide bonds. The minimum atomic E-state index is -0.996. The van der Waals surface area contributed by atoms with Crippen molar-refractivity contribution in [3.05, 3.63) is 0 Å². The minimum absolute atomic E-state index is 0.173. The summed E-state index contributed by atoms with van der Waals surface area (Å²) in [6.45, 7) is 5.30. The summed E-state index contributed by atoms with van der Waals surface area (Å²) in [6.07, 6.45) is -1.89. The van der Waals surface area contributed by atoms with Crippen molar-refractivity contribution in [1.82, 2.24) is 5.32 Å². The van der Waals surface area contributed by atoms with Gasteiger partial charge in [0.05, 0.1) is 7.11 Å². The molecule has 0 heterocycles. The molecule has 6 nitrogen and oxygen atoms in total. The van der Waals surface area contributed by atoms with E-state index < -0.39 is 23.8 Å². The second kappa shape index (κ2) is 6.32. The number of rotatable bonds is 4. The molecule has 0 radical (unpaired) electrons. The van der Waals surface area contributed by atoms with Gasteiger partial charge < -0.3 is 19.5 Å². The first-order chi connectivity index (χ1) is 7.30. The first-order valence-corrected chi connectivity index (χ1v) is 4.92. The van der Waals surface area contributed by atoms with Crippen LogP contribution in [0.4, 0.5) is 4.79 Å². The number of nitrogens with one attached hydrogen (secondary N) is 1. The van der Waals surface area contributed by atoms with Crippen LogP contribution in [0.25, 0.3) is 0 Å². The van der Waals surface area contributed by atoms with Crippen molar-refractivity contribution in [3.8, 4) is 0 Å². The zero-order valence-corrected chi connectivity index (χ0v) is 10.3. The Kier molecular flexibility index (Phi) is 5.81. The molecule has 1 unspecified atom stereocenters. The maximum absolute atomic E-state index is 11.3. The van der Waals surface area contributed by atoms with Gasteiger partial charge in [-0.3, -0.25) is 0 Å². The van der Waals surface area contributed by atoms with Crippen LogP contribution < -0.4 is 5.32 Å². The Balaban J connectivity index is 4.29. The molecule has 0 aromatic carbocycles. The average molecular weight is 233 g/mol. The van der Waals surface area contributed by atoms with Crippen LogP contribution in [0.1, 0.15) is 20.8 Å². The van der Waals surface area contributed by atoms with Crippen molar-refractivity contribution in [2.45, 2.75) is 32.5 Å². The summed E-state index contributed by atoms with van der Waals surface area (Å²) in [6, 6.07) is 0. The highest BCUT2D eigenvalue weighted by Crippen LogP contribution is 2.09. The summed E-state index contributed by atoms with van der Waals surface area (Å²) in [7, 11) is 2.86. The molecule has 6 heteroatoms. The first-order valence-electron chi connectivity index (χ1n) is 4.92. The lowest BCUT2D eigenvalue weighted by molar-refractivity contribution is -0.152. The van der Waals surface area contributed by atoms with Crippen LogP contribution in [0.3, 0.4) is 0 Å². The van der Waals surface area contributed by atoms with Gasteiger partial charge in [-0.25, -0.2) is 9.59 Å². The third kappa shape index (κ3) is 6.23. The van der Waals surface area contributed by atoms with Gasteiger partial charge in [0.2, 0.25) is 6.10 Å². The third-order valence-electron chi connectivity index (χ3n) is 1.48. The number of ether oxygens (including phenoxy) is 3. The molecule has 0 bridgehead atoms. The van der Waals surface area contributed by atoms with E-state index in [1.54, 1.807) is 27.8 Å². The zero-order valence-electron chi connectivity index (χ0n) is 10.3. The zero-order chi connectivity index (χ0) is 12.8. The van der Waals surface area contributed by atoms with Gasteiger partial charge in [-0.2, -0.15) is 0 Å². The number of hydrogen-bond donors (Lipinski definition) is 1. The lowest BCUT2D eigenvalue weighted by Crippen LogP contribution is -2.38. The Morgan fingerprint density at radius 1 is 1.31 bits per heavy atom. The van der Waals surface area contributed by atoms with Crippen LogP contribution >= 0.6 is 0 Å². The van der Waals surface area contributed by atoms with Crippen LogP contribution in [0.2, 0.25) is 0 Å². The highest BCUT2D eigenvalue weighted by atomic mass is 16.7. The van der Waals surface area contributed by atoms with E-state index in [9.17, 15) is 9.59 Å². The Morgan fingerprint density at radius 3 is 2.25 bits per heavy atom. The molecule has 0 aliphatic heterocycles. The normalized spacial score (nSPS) is 12.8. The van der Waals surface area contributed by atoms with Gasteiger partial charge in [0.1, 0.15) is 5.60 Å². The highest BCUT2D eigenvalue weighted by molar-refractivity contribution is 5.77. The molecule has 0 rings (SSSR count). The number of methoxy groups -OCH3 is 1. The van der Waals surface area contributed by atoms with Gasteiger partial charge in [-0.15, -0.1) is 0 Å². The Morgan fingerprint density at radius 2 is 1.88 bits per heavy atom. The molecule has 0 saturated heterocycles. The first kappa shape index (κ1) is 14.7. The molecule has 0 aliphatic carbocycles. The van der Waals surface area contributed by atoms with Crippen molar-refractivity contribution in [2.75, 3.05) is 20.7 Å². The van der Waals surface area contributed by atoms with Gasteiger partial charge in [0, 0.05) is 6.54 Å². The van der Waals surface area contributed by atoms with Crippen molar-refractivity contribution < 1.29 is 23.8 Å². The van der Waals surface area contributed by atoms with Crippen LogP contribution in [-0.4, -0.2) is 44.5 Å². The summed E-state index contributed by atoms with van der Waals surface area (Å²) in [5.41, 5.74) is -0.655. The topological polar surface area (TPSA) is 73.9 Å². The summed E-state index contributed by atoms with van der Waals surface area (Å²) in [4.78, 5) is 22.5. The summed E-state index contributed by atoms with van der Waals surface area (Å²) in [5, 5.41) is 2.72. The molecule has 0 aliphatic rings. The molecule has 16 heavy (non-hydrogen) atoms. The van der Waals surface area contributed by atoms with E-state index in [0.29, 0.717) is 0 Å². The standard InChI is InChI=1S/C10H19NO5/c1-10(2,3)16-9(13)15-7(6-11-4)8(12)14-5/h7,11H,6H2,1-5H3. The van der Waals surface area contributed by atoms with E-state index in [2.05, 4.69) is 10.1 Å². The SMILES string of the molecule is CNCC(OC(=O)OC(C)(C)C)C(=O)OC. The van der Waals surface area contributed by atoms with E-state index >= 15 is 0 Å². The van der Waals surface area contributed by atoms with Crippen LogP contribution in [0, 0.1) is 0 Å². The molecule has 1 N–H and O–H groups in total. The average Bonchev–Trinajstić information content (AvgIpc) is 2.13. The Hall–Kier alpha value is -1.30. The van der Waals surface area contributed by atoms with Gasteiger partial charge in [0.15, 0.2) is 0 Å². The largest absolute Gasteiger partial charge is 0.509 e. The van der Waals surface area contributed by atoms with Gasteiger partial charge in [0.25, 0.3) is 0 Å². The minimum Gasteiger partial charge on any atom is -0.466 e. The number of carbonyl (C=O) groups excluding carboxylic acids is 2. The molecule has 1 atom stereocenters. The number of esters is 1. The van der Waals surface area contributed by atoms with E-state index in [-0.39, 0.29) is 6.54 Å². The summed E-state index contributed by atoms with van der Waals surface area (Å²) in [5.74, 6) is -0.625. The summed E-state index contributed by atoms with van der Waals surface area (Å²) >= 11 is 0. The smallest absolute Gasteiger partial charge is 0.466 e. The van der Waals surface area contributed by atoms with Crippen LogP contribution in [0.15, 0.2) is 0 Å². The number of carbonyl (C=O) groups is 2. The number of hydrogen-bond acceptors (Lipinski definition) is 6. The lowest BCUT2D eigenvalue weighted by Gasteiger charge is -2.21. The van der Waals surface area contributed by atoms with Crippen LogP contribution in [-0.2, 0) is 19.0 Å². The lowest BCUT2D eigenvalue weighted by atomic mass is 10.2. The van der Waals surface area contributed by atoms with Crippen molar-refractivity contribution in [2.24, 2.45) is 0 Å². The molecule has 0 aromatic rings. The quantitative estimate of drug-likeness (QED) is 0.720. The molecular formula is C10H19NO5. The van der Waals surface area contributed by atoms with Crippen molar-refractivity contribution >= 4 is 12.1 Å². The monoisotopic (exact) mass is 233 g/mol. The Bertz CT molecular complexity index is 246. The fourth-order valence-corrected chi connectivity index (χ4v) is 0.880.